The number of hydrogen-bond acceptors (Lipinski definition) is 8. The fraction of sp³-hybridized carbons (Fsp3) is 0.250. The standard InChI is InChI=1S/C28H28N4O7S/c1-18-15-21(38-3)17-22(16-18)39-20-9-11-23(12-10-20)40(36,37)31-14-13-24-28(2,25(31)26(33)30-35)27(34)32(29-24)19-7-5-4-6-8-19/h4-12,15-17,25,35H,13-14H2,1-3H3,(H,30,33)/t25-,28-/m0/s1. The number of benzene rings is 3. The monoisotopic (exact) mass is 564 g/mol. The van der Waals surface area contributed by atoms with Gasteiger partial charge in [0.2, 0.25) is 10.0 Å². The first-order chi connectivity index (χ1) is 19.1. The Morgan fingerprint density at radius 3 is 2.38 bits per heavy atom. The summed E-state index contributed by atoms with van der Waals surface area (Å²) in [6.07, 6.45) is 0.121. The maximum Gasteiger partial charge on any atom is 0.263 e. The van der Waals surface area contributed by atoms with Gasteiger partial charge in [-0.1, -0.05) is 18.2 Å². The molecule has 1 saturated heterocycles. The second-order valence-electron chi connectivity index (χ2n) is 9.71. The van der Waals surface area contributed by atoms with Gasteiger partial charge in [-0.2, -0.15) is 14.4 Å². The molecule has 1 fully saturated rings. The Labute approximate surface area is 231 Å². The summed E-state index contributed by atoms with van der Waals surface area (Å²) in [5, 5.41) is 15.2. The first-order valence-corrected chi connectivity index (χ1v) is 13.9. The van der Waals surface area contributed by atoms with Gasteiger partial charge in [-0.15, -0.1) is 0 Å². The second kappa shape index (κ2) is 10.4. The number of hydrazone groups is 1. The van der Waals surface area contributed by atoms with Gasteiger partial charge in [0, 0.05) is 19.0 Å². The first-order valence-electron chi connectivity index (χ1n) is 12.5. The maximum absolute atomic E-state index is 13.8. The fourth-order valence-corrected chi connectivity index (χ4v) is 6.80. The summed E-state index contributed by atoms with van der Waals surface area (Å²) in [5.41, 5.74) is 1.68. The Morgan fingerprint density at radius 1 is 1.05 bits per heavy atom. The van der Waals surface area contributed by atoms with Gasteiger partial charge in [-0.3, -0.25) is 14.8 Å². The molecule has 0 spiro atoms. The number of piperidine rings is 1. The number of anilines is 1. The van der Waals surface area contributed by atoms with Gasteiger partial charge in [-0.25, -0.2) is 13.9 Å². The fourth-order valence-electron chi connectivity index (χ4n) is 5.13. The molecular weight excluding hydrogens is 536 g/mol. The van der Waals surface area contributed by atoms with E-state index in [0.29, 0.717) is 28.6 Å². The minimum Gasteiger partial charge on any atom is -0.497 e. The maximum atomic E-state index is 13.8. The lowest BCUT2D eigenvalue weighted by molar-refractivity contribution is -0.141. The third-order valence-electron chi connectivity index (χ3n) is 7.15. The molecule has 2 amide bonds. The summed E-state index contributed by atoms with van der Waals surface area (Å²) in [5.74, 6) is -0.0720. The van der Waals surface area contributed by atoms with Crippen LogP contribution in [0.2, 0.25) is 0 Å². The average molecular weight is 565 g/mol. The zero-order chi connectivity index (χ0) is 28.7. The highest BCUT2D eigenvalue weighted by Gasteiger charge is 2.61. The smallest absolute Gasteiger partial charge is 0.263 e. The van der Waals surface area contributed by atoms with E-state index in [4.69, 9.17) is 9.47 Å². The first kappa shape index (κ1) is 27.3. The van der Waals surface area contributed by atoms with E-state index in [0.717, 1.165) is 9.87 Å². The molecule has 2 heterocycles. The van der Waals surface area contributed by atoms with Crippen LogP contribution in [0.1, 0.15) is 18.9 Å². The highest BCUT2D eigenvalue weighted by molar-refractivity contribution is 7.89. The van der Waals surface area contributed by atoms with Gasteiger partial charge >= 0.3 is 0 Å². The molecule has 5 rings (SSSR count). The van der Waals surface area contributed by atoms with Gasteiger partial charge in [-0.05, 0) is 67.9 Å². The van der Waals surface area contributed by atoms with Crippen molar-refractivity contribution in [1.82, 2.24) is 9.79 Å². The number of hydrogen-bond donors (Lipinski definition) is 2. The molecular formula is C28H28N4O7S. The Hall–Kier alpha value is -4.26. The zero-order valence-electron chi connectivity index (χ0n) is 22.1. The lowest BCUT2D eigenvalue weighted by atomic mass is 9.73. The summed E-state index contributed by atoms with van der Waals surface area (Å²) in [6, 6.07) is 18.2. The molecule has 3 aromatic rings. The predicted molar refractivity (Wildman–Crippen MR) is 146 cm³/mol. The number of amides is 2. The van der Waals surface area contributed by atoms with E-state index in [2.05, 4.69) is 5.10 Å². The number of carbonyl (C=O) groups excluding carboxylic acids is 2. The number of sulfonamides is 1. The van der Waals surface area contributed by atoms with Gasteiger partial charge in [0.15, 0.2) is 0 Å². The molecule has 0 bridgehead atoms. The van der Waals surface area contributed by atoms with Crippen molar-refractivity contribution < 1.29 is 32.7 Å². The molecule has 2 aliphatic rings. The van der Waals surface area contributed by atoms with Crippen LogP contribution in [0.25, 0.3) is 0 Å². The molecule has 40 heavy (non-hydrogen) atoms. The minimum atomic E-state index is -4.30. The third kappa shape index (κ3) is 4.59. The molecule has 3 aromatic carbocycles. The van der Waals surface area contributed by atoms with Gasteiger partial charge in [0.1, 0.15) is 28.7 Å². The van der Waals surface area contributed by atoms with E-state index < -0.39 is 33.3 Å². The van der Waals surface area contributed by atoms with Crippen molar-refractivity contribution >= 4 is 33.2 Å². The average Bonchev–Trinajstić information content (AvgIpc) is 3.22. The van der Waals surface area contributed by atoms with E-state index in [1.165, 1.54) is 36.2 Å². The molecule has 0 aliphatic carbocycles. The molecule has 2 atom stereocenters. The minimum absolute atomic E-state index is 0.105. The number of rotatable bonds is 7. The number of ether oxygens (including phenoxy) is 2. The highest BCUT2D eigenvalue weighted by Crippen LogP contribution is 2.43. The molecule has 12 heteroatoms. The van der Waals surface area contributed by atoms with Crippen LogP contribution in [0.4, 0.5) is 5.69 Å². The summed E-state index contributed by atoms with van der Waals surface area (Å²) in [7, 11) is -2.74. The van der Waals surface area contributed by atoms with Gasteiger partial charge < -0.3 is 9.47 Å². The molecule has 0 aromatic heterocycles. The van der Waals surface area contributed by atoms with Crippen LogP contribution in [-0.2, 0) is 19.6 Å². The number of nitrogens with one attached hydrogen (secondary N) is 1. The third-order valence-corrected chi connectivity index (χ3v) is 9.02. The van der Waals surface area contributed by atoms with Crippen molar-refractivity contribution in [2.24, 2.45) is 10.5 Å². The van der Waals surface area contributed by atoms with E-state index in [9.17, 15) is 23.2 Å². The van der Waals surface area contributed by atoms with E-state index in [1.54, 1.807) is 49.0 Å². The van der Waals surface area contributed by atoms with Crippen molar-refractivity contribution in [3.63, 3.8) is 0 Å². The van der Waals surface area contributed by atoms with Crippen LogP contribution in [0.5, 0.6) is 17.2 Å². The Kier molecular flexibility index (Phi) is 7.08. The van der Waals surface area contributed by atoms with Crippen LogP contribution >= 0.6 is 0 Å². The van der Waals surface area contributed by atoms with Crippen molar-refractivity contribution in [2.45, 2.75) is 31.2 Å². The molecule has 0 radical (unpaired) electrons. The Bertz CT molecular complexity index is 1590. The van der Waals surface area contributed by atoms with E-state index in [-0.39, 0.29) is 17.9 Å². The number of nitrogens with zero attached hydrogens (tertiary/aromatic N) is 3. The van der Waals surface area contributed by atoms with Crippen molar-refractivity contribution in [3.8, 4) is 17.2 Å². The highest BCUT2D eigenvalue weighted by atomic mass is 32.2. The van der Waals surface area contributed by atoms with Crippen LogP contribution in [0, 0.1) is 12.3 Å². The van der Waals surface area contributed by atoms with Crippen LogP contribution < -0.4 is 20.0 Å². The SMILES string of the molecule is COc1cc(C)cc(Oc2ccc(S(=O)(=O)N3CCC4=NN(c5ccccc5)C(=O)[C@]4(C)[C@@H]3C(=O)NO)cc2)c1. The molecule has 2 aliphatic heterocycles. The molecule has 0 unspecified atom stereocenters. The molecule has 11 nitrogen and oxygen atoms in total. The summed E-state index contributed by atoms with van der Waals surface area (Å²) >= 11 is 0. The summed E-state index contributed by atoms with van der Waals surface area (Å²) in [4.78, 5) is 26.6. The zero-order valence-corrected chi connectivity index (χ0v) is 22.9. The Morgan fingerprint density at radius 2 is 1.73 bits per heavy atom. The largest absolute Gasteiger partial charge is 0.497 e. The van der Waals surface area contributed by atoms with Crippen molar-refractivity contribution in [3.05, 3.63) is 78.4 Å². The van der Waals surface area contributed by atoms with Crippen molar-refractivity contribution in [2.75, 3.05) is 18.7 Å². The van der Waals surface area contributed by atoms with Gasteiger partial charge in [0.25, 0.3) is 11.8 Å². The normalized spacial score (nSPS) is 21.0. The molecule has 208 valence electrons. The Balaban J connectivity index is 1.45. The molecule has 0 saturated carbocycles. The van der Waals surface area contributed by atoms with Crippen LogP contribution in [-0.4, -0.2) is 55.2 Å². The van der Waals surface area contributed by atoms with Crippen LogP contribution in [0.3, 0.4) is 0 Å². The number of fused-ring (bicyclic) bond motifs is 1. The molecule has 2 N–H and O–H groups in total. The summed E-state index contributed by atoms with van der Waals surface area (Å²) < 4.78 is 39.8. The van der Waals surface area contributed by atoms with Crippen LogP contribution in [0.15, 0.2) is 82.8 Å². The van der Waals surface area contributed by atoms with Gasteiger partial charge in [0.05, 0.1) is 23.4 Å². The predicted octanol–water partition coefficient (Wildman–Crippen LogP) is 3.47. The number of methoxy groups -OCH3 is 1. The van der Waals surface area contributed by atoms with Crippen molar-refractivity contribution in [1.29, 1.82) is 0 Å². The van der Waals surface area contributed by atoms with E-state index >= 15 is 0 Å². The second-order valence-corrected chi connectivity index (χ2v) is 11.6. The quantitative estimate of drug-likeness (QED) is 0.331. The number of aryl methyl sites for hydroxylation is 1. The lowest BCUT2D eigenvalue weighted by Crippen LogP contribution is -2.65. The number of carbonyl (C=O) groups is 2. The number of para-hydroxylation sites is 1. The van der Waals surface area contributed by atoms with E-state index in [1.807, 2.05) is 19.1 Å². The lowest BCUT2D eigenvalue weighted by Gasteiger charge is -2.42. The number of hydroxylamine groups is 1. The summed E-state index contributed by atoms with van der Waals surface area (Å²) in [6.45, 7) is 3.26. The topological polar surface area (TPSA) is 138 Å².